The molecule has 2 N–H and O–H groups in total. The van der Waals surface area contributed by atoms with Gasteiger partial charge in [-0.15, -0.1) is 0 Å². The Labute approximate surface area is 184 Å². The fourth-order valence-electron chi connectivity index (χ4n) is 4.04. The summed E-state index contributed by atoms with van der Waals surface area (Å²) in [5.74, 6) is -3.03. The molecule has 170 valence electrons. The summed E-state index contributed by atoms with van der Waals surface area (Å²) in [6.07, 6.45) is 0.0396. The van der Waals surface area contributed by atoms with Crippen LogP contribution in [0.3, 0.4) is 0 Å². The summed E-state index contributed by atoms with van der Waals surface area (Å²) in [6, 6.07) is 6.86. The molecule has 6 nitrogen and oxygen atoms in total. The Balaban J connectivity index is 1.75. The number of likely N-dealkylation sites (N-methyl/N-ethyl adjacent to an activating group) is 1. The smallest absolute Gasteiger partial charge is 0.298 e. The number of anilines is 2. The zero-order valence-electron chi connectivity index (χ0n) is 18.3. The van der Waals surface area contributed by atoms with Gasteiger partial charge in [0.25, 0.3) is 5.92 Å². The minimum Gasteiger partial charge on any atom is -0.487 e. The van der Waals surface area contributed by atoms with Crippen LogP contribution in [0.5, 0.6) is 5.75 Å². The van der Waals surface area contributed by atoms with E-state index in [0.29, 0.717) is 22.5 Å². The number of alkyl halides is 2. The number of nitrogens with zero attached hydrogens (tertiary/aromatic N) is 3. The van der Waals surface area contributed by atoms with Gasteiger partial charge in [0, 0.05) is 24.1 Å². The minimum atomic E-state index is -3.67. The highest BCUT2D eigenvalue weighted by atomic mass is 19.3. The Morgan fingerprint density at radius 1 is 1.31 bits per heavy atom. The predicted octanol–water partition coefficient (Wildman–Crippen LogP) is 4.55. The first-order valence-electron chi connectivity index (χ1n) is 10.3. The van der Waals surface area contributed by atoms with Gasteiger partial charge in [-0.3, -0.25) is 0 Å². The van der Waals surface area contributed by atoms with Crippen LogP contribution in [0.25, 0.3) is 10.9 Å². The van der Waals surface area contributed by atoms with Crippen LogP contribution in [-0.4, -0.2) is 41.4 Å². The second kappa shape index (κ2) is 8.12. The topological polar surface area (TPSA) is 70.5 Å². The minimum absolute atomic E-state index is 0.0396. The van der Waals surface area contributed by atoms with Gasteiger partial charge in [0.2, 0.25) is 0 Å². The molecule has 0 fully saturated rings. The third kappa shape index (κ3) is 3.92. The first kappa shape index (κ1) is 22.1. The summed E-state index contributed by atoms with van der Waals surface area (Å²) < 4.78 is 48.8. The number of aliphatic hydroxyl groups is 1. The van der Waals surface area contributed by atoms with Crippen LogP contribution in [0.4, 0.5) is 24.7 Å². The van der Waals surface area contributed by atoms with E-state index in [4.69, 9.17) is 9.84 Å². The zero-order valence-corrected chi connectivity index (χ0v) is 18.3. The number of fused-ring (bicyclic) bond motifs is 2. The molecular formula is C23H25F3N4O2. The van der Waals surface area contributed by atoms with Crippen molar-refractivity contribution in [2.24, 2.45) is 0 Å². The molecular weight excluding hydrogens is 421 g/mol. The van der Waals surface area contributed by atoms with Gasteiger partial charge in [-0.1, -0.05) is 12.1 Å². The molecule has 0 unspecified atom stereocenters. The number of aliphatic hydroxyl groups excluding tert-OH is 1. The third-order valence-electron chi connectivity index (χ3n) is 5.60. The van der Waals surface area contributed by atoms with Crippen molar-refractivity contribution >= 4 is 22.4 Å². The molecule has 1 aromatic heterocycles. The highest BCUT2D eigenvalue weighted by molar-refractivity contribution is 5.94. The zero-order chi connectivity index (χ0) is 23.2. The maximum absolute atomic E-state index is 14.9. The van der Waals surface area contributed by atoms with Crippen LogP contribution in [0.15, 0.2) is 30.3 Å². The van der Waals surface area contributed by atoms with Gasteiger partial charge in [0.15, 0.2) is 0 Å². The average molecular weight is 446 g/mol. The lowest BCUT2D eigenvalue weighted by molar-refractivity contribution is -0.0583. The van der Waals surface area contributed by atoms with E-state index in [1.54, 1.807) is 13.8 Å². The van der Waals surface area contributed by atoms with E-state index in [-0.39, 0.29) is 11.7 Å². The van der Waals surface area contributed by atoms with E-state index < -0.39 is 30.0 Å². The molecule has 2 heterocycles. The first-order chi connectivity index (χ1) is 15.1. The molecule has 1 aliphatic rings. The van der Waals surface area contributed by atoms with Gasteiger partial charge in [0.05, 0.1) is 29.4 Å². The third-order valence-corrected chi connectivity index (χ3v) is 5.60. The summed E-state index contributed by atoms with van der Waals surface area (Å²) in [4.78, 5) is 11.1. The van der Waals surface area contributed by atoms with Gasteiger partial charge in [-0.25, -0.2) is 14.4 Å². The number of benzene rings is 2. The summed E-state index contributed by atoms with van der Waals surface area (Å²) in [6.45, 7) is 4.66. The molecule has 2 aromatic carbocycles. The Morgan fingerprint density at radius 2 is 2.06 bits per heavy atom. The van der Waals surface area contributed by atoms with Crippen molar-refractivity contribution in [3.05, 3.63) is 53.1 Å². The van der Waals surface area contributed by atoms with Crippen LogP contribution in [0.1, 0.15) is 36.8 Å². The van der Waals surface area contributed by atoms with E-state index in [9.17, 15) is 13.2 Å². The number of rotatable bonds is 5. The number of aromatic nitrogens is 2. The molecule has 0 aliphatic carbocycles. The first-order valence-corrected chi connectivity index (χ1v) is 10.3. The van der Waals surface area contributed by atoms with E-state index >= 15 is 0 Å². The molecule has 0 saturated heterocycles. The molecule has 2 atom stereocenters. The molecule has 3 aromatic rings. The summed E-state index contributed by atoms with van der Waals surface area (Å²) in [7, 11) is 1.97. The highest BCUT2D eigenvalue weighted by Gasteiger charge is 2.35. The van der Waals surface area contributed by atoms with Gasteiger partial charge in [-0.2, -0.15) is 8.78 Å². The van der Waals surface area contributed by atoms with Crippen molar-refractivity contribution in [3.63, 3.8) is 0 Å². The molecule has 0 spiro atoms. The van der Waals surface area contributed by atoms with E-state index in [0.717, 1.165) is 24.0 Å². The van der Waals surface area contributed by atoms with Crippen molar-refractivity contribution in [2.45, 2.75) is 38.8 Å². The maximum Gasteiger partial charge on any atom is 0.298 e. The predicted molar refractivity (Wildman–Crippen MR) is 117 cm³/mol. The molecule has 4 rings (SSSR count). The normalized spacial score (nSPS) is 17.1. The molecule has 0 amide bonds. The second-order valence-corrected chi connectivity index (χ2v) is 8.20. The number of halogens is 3. The van der Waals surface area contributed by atoms with Crippen molar-refractivity contribution in [1.82, 2.24) is 9.97 Å². The van der Waals surface area contributed by atoms with Gasteiger partial charge in [0.1, 0.15) is 35.9 Å². The lowest BCUT2D eigenvalue weighted by Gasteiger charge is -2.32. The number of hydrogen-bond donors (Lipinski definition) is 2. The Bertz CT molecular complexity index is 1170. The molecule has 9 heteroatoms. The van der Waals surface area contributed by atoms with Crippen LogP contribution in [0, 0.1) is 12.7 Å². The van der Waals surface area contributed by atoms with Crippen LogP contribution < -0.4 is 15.0 Å². The van der Waals surface area contributed by atoms with Crippen LogP contribution >= 0.6 is 0 Å². The summed E-state index contributed by atoms with van der Waals surface area (Å²) in [5, 5.41) is 12.8. The fraction of sp³-hybridized carbons (Fsp3) is 0.391. The second-order valence-electron chi connectivity index (χ2n) is 8.20. The number of nitrogens with one attached hydrogen (secondary N) is 1. The molecule has 1 aliphatic heterocycles. The SMILES string of the molecule is Cc1nc(N[C@H](C)c2cccc(C(F)(F)CO)c2F)c2cc3c(cc2n1)O[C@H](C)CN3C. The average Bonchev–Trinajstić information content (AvgIpc) is 2.72. The van der Waals surface area contributed by atoms with E-state index in [1.165, 1.54) is 12.1 Å². The maximum atomic E-state index is 14.9. The monoisotopic (exact) mass is 446 g/mol. The van der Waals surface area contributed by atoms with Crippen molar-refractivity contribution in [2.75, 3.05) is 30.4 Å². The number of aryl methyl sites for hydroxylation is 1. The Hall–Kier alpha value is -3.07. The van der Waals surface area contributed by atoms with E-state index in [2.05, 4.69) is 20.2 Å². The lowest BCUT2D eigenvalue weighted by Crippen LogP contribution is -2.35. The molecule has 0 bridgehead atoms. The molecule has 0 saturated carbocycles. The van der Waals surface area contributed by atoms with Crippen LogP contribution in [0.2, 0.25) is 0 Å². The van der Waals surface area contributed by atoms with Crippen molar-refractivity contribution in [3.8, 4) is 5.75 Å². The van der Waals surface area contributed by atoms with Crippen molar-refractivity contribution < 1.29 is 23.0 Å². The Kier molecular flexibility index (Phi) is 5.62. The number of hydrogen-bond acceptors (Lipinski definition) is 6. The largest absolute Gasteiger partial charge is 0.487 e. The van der Waals surface area contributed by atoms with Crippen LogP contribution in [-0.2, 0) is 5.92 Å². The highest BCUT2D eigenvalue weighted by Crippen LogP contribution is 2.39. The standard InChI is InChI=1S/C23H25F3N4O2/c1-12-10-30(4)19-8-16-18(9-20(19)32-12)28-14(3)29-22(16)27-13(2)15-6-5-7-17(21(15)24)23(25,26)11-31/h5-9,12-13,31H,10-11H2,1-4H3,(H,27,28,29)/t12-,13-/m1/s1. The van der Waals surface area contributed by atoms with Gasteiger partial charge >= 0.3 is 0 Å². The summed E-state index contributed by atoms with van der Waals surface area (Å²) >= 11 is 0. The number of ether oxygens (including phenoxy) is 1. The Morgan fingerprint density at radius 3 is 2.78 bits per heavy atom. The lowest BCUT2D eigenvalue weighted by atomic mass is 10.00. The van der Waals surface area contributed by atoms with Gasteiger partial charge < -0.3 is 20.1 Å². The van der Waals surface area contributed by atoms with Gasteiger partial charge in [-0.05, 0) is 32.9 Å². The van der Waals surface area contributed by atoms with E-state index in [1.807, 2.05) is 26.1 Å². The molecule has 0 radical (unpaired) electrons. The quantitative estimate of drug-likeness (QED) is 0.599. The summed E-state index contributed by atoms with van der Waals surface area (Å²) in [5.41, 5.74) is 0.758. The molecule has 32 heavy (non-hydrogen) atoms. The fourth-order valence-corrected chi connectivity index (χ4v) is 4.04. The van der Waals surface area contributed by atoms with Crippen molar-refractivity contribution in [1.29, 1.82) is 0 Å².